The first kappa shape index (κ1) is 20.8. The van der Waals surface area contributed by atoms with Crippen molar-refractivity contribution in [2.75, 3.05) is 7.11 Å². The van der Waals surface area contributed by atoms with Crippen LogP contribution in [0.4, 0.5) is 0 Å². The van der Waals surface area contributed by atoms with E-state index in [1.807, 2.05) is 6.20 Å². The van der Waals surface area contributed by atoms with Gasteiger partial charge in [0.05, 0.1) is 12.8 Å². The lowest BCUT2D eigenvalue weighted by Crippen LogP contribution is -2.13. The molecule has 0 spiro atoms. The molecular weight excluding hydrogens is 408 g/mol. The van der Waals surface area contributed by atoms with E-state index in [0.717, 1.165) is 34.5 Å². The molecule has 4 aromatic rings. The van der Waals surface area contributed by atoms with E-state index in [2.05, 4.69) is 53.2 Å². The lowest BCUT2D eigenvalue weighted by atomic mass is 9.76. The Bertz CT molecular complexity index is 1290. The highest BCUT2D eigenvalue weighted by molar-refractivity contribution is 5.92. The highest BCUT2D eigenvalue weighted by Crippen LogP contribution is 2.44. The van der Waals surface area contributed by atoms with Crippen molar-refractivity contribution in [3.63, 3.8) is 0 Å². The normalized spacial score (nSPS) is 21.3. The van der Waals surface area contributed by atoms with E-state index in [9.17, 15) is 0 Å². The maximum Gasteiger partial charge on any atom is 0.197 e. The van der Waals surface area contributed by atoms with Crippen molar-refractivity contribution in [3.05, 3.63) is 47.9 Å². The van der Waals surface area contributed by atoms with Crippen LogP contribution in [-0.4, -0.2) is 26.7 Å². The third-order valence-electron chi connectivity index (χ3n) is 7.97. The van der Waals surface area contributed by atoms with E-state index in [0.29, 0.717) is 11.8 Å². The lowest BCUT2D eigenvalue weighted by molar-refractivity contribution is 0.299. The van der Waals surface area contributed by atoms with Crippen LogP contribution >= 0.6 is 0 Å². The first-order valence-corrected chi connectivity index (χ1v) is 12.6. The molecule has 2 aliphatic rings. The quantitative estimate of drug-likeness (QED) is 0.347. The van der Waals surface area contributed by atoms with Gasteiger partial charge in [-0.2, -0.15) is 5.10 Å². The maximum atomic E-state index is 5.62. The highest BCUT2D eigenvalue weighted by atomic mass is 16.5. The van der Waals surface area contributed by atoms with Gasteiger partial charge in [0.25, 0.3) is 0 Å². The molecule has 172 valence electrons. The van der Waals surface area contributed by atoms with E-state index >= 15 is 0 Å². The molecule has 0 amide bonds. The Morgan fingerprint density at radius 1 is 1.06 bits per heavy atom. The first-order chi connectivity index (χ1) is 16.1. The van der Waals surface area contributed by atoms with Crippen LogP contribution in [0.25, 0.3) is 27.8 Å². The van der Waals surface area contributed by atoms with E-state index in [1.165, 1.54) is 67.0 Å². The van der Waals surface area contributed by atoms with Gasteiger partial charge >= 0.3 is 0 Å². The minimum atomic E-state index is 0.399. The SMILES string of the molecule is COc1cc(-c2[nH]c3ccc(C4CCC(CC5CC5)CC4)cc3c2C(C)C)cn2ncnc12. The molecule has 2 fully saturated rings. The largest absolute Gasteiger partial charge is 0.493 e. The number of methoxy groups -OCH3 is 1. The Kier molecular flexibility index (Phi) is 5.16. The number of aromatic amines is 1. The number of rotatable bonds is 6. The van der Waals surface area contributed by atoms with Gasteiger partial charge in [-0.3, -0.25) is 0 Å². The summed E-state index contributed by atoms with van der Waals surface area (Å²) < 4.78 is 7.42. The average Bonchev–Trinajstić information content (AvgIpc) is 3.36. The number of aromatic nitrogens is 4. The van der Waals surface area contributed by atoms with Crippen molar-refractivity contribution in [3.8, 4) is 17.0 Å². The molecule has 0 unspecified atom stereocenters. The summed E-state index contributed by atoms with van der Waals surface area (Å²) in [4.78, 5) is 8.05. The van der Waals surface area contributed by atoms with Gasteiger partial charge in [0.1, 0.15) is 6.33 Å². The molecule has 0 aliphatic heterocycles. The minimum absolute atomic E-state index is 0.399. The zero-order valence-corrected chi connectivity index (χ0v) is 20.0. The molecule has 0 bridgehead atoms. The smallest absolute Gasteiger partial charge is 0.197 e. The molecule has 5 heteroatoms. The average molecular weight is 443 g/mol. The summed E-state index contributed by atoms with van der Waals surface area (Å²) in [5.74, 6) is 3.88. The summed E-state index contributed by atoms with van der Waals surface area (Å²) in [5, 5.41) is 5.71. The summed E-state index contributed by atoms with van der Waals surface area (Å²) in [6.45, 7) is 4.57. The van der Waals surface area contributed by atoms with Crippen molar-refractivity contribution < 1.29 is 4.74 Å². The van der Waals surface area contributed by atoms with Crippen LogP contribution in [0.2, 0.25) is 0 Å². The number of pyridine rings is 1. The second-order valence-electron chi connectivity index (χ2n) is 10.6. The number of ether oxygens (including phenoxy) is 1. The second-order valence-corrected chi connectivity index (χ2v) is 10.6. The number of nitrogens with one attached hydrogen (secondary N) is 1. The number of nitrogens with zero attached hydrogens (tertiary/aromatic N) is 3. The predicted octanol–water partition coefficient (Wildman–Crippen LogP) is 7.08. The van der Waals surface area contributed by atoms with Crippen LogP contribution in [-0.2, 0) is 0 Å². The molecule has 1 aromatic carbocycles. The van der Waals surface area contributed by atoms with Crippen molar-refractivity contribution in [1.82, 2.24) is 19.6 Å². The van der Waals surface area contributed by atoms with Gasteiger partial charge in [0.15, 0.2) is 11.4 Å². The van der Waals surface area contributed by atoms with Crippen molar-refractivity contribution in [2.45, 2.75) is 70.6 Å². The number of fused-ring (bicyclic) bond motifs is 2. The minimum Gasteiger partial charge on any atom is -0.493 e. The Morgan fingerprint density at radius 3 is 2.52 bits per heavy atom. The van der Waals surface area contributed by atoms with E-state index in [4.69, 9.17) is 4.74 Å². The van der Waals surface area contributed by atoms with Gasteiger partial charge < -0.3 is 9.72 Å². The fourth-order valence-corrected chi connectivity index (χ4v) is 6.05. The molecule has 1 N–H and O–H groups in total. The molecule has 33 heavy (non-hydrogen) atoms. The van der Waals surface area contributed by atoms with Gasteiger partial charge in [-0.25, -0.2) is 9.50 Å². The molecule has 2 aliphatic carbocycles. The van der Waals surface area contributed by atoms with Crippen LogP contribution < -0.4 is 4.74 Å². The zero-order chi connectivity index (χ0) is 22.5. The number of hydrogen-bond acceptors (Lipinski definition) is 3. The van der Waals surface area contributed by atoms with Crippen LogP contribution in [0.3, 0.4) is 0 Å². The standard InChI is InChI=1S/C28H34N4O/c1-17(2)26-23-13-21(20-8-6-19(7-9-20)12-18-4-5-18)10-11-24(23)31-27(26)22-14-25(33-3)28-29-16-30-32(28)15-22/h10-11,13-20,31H,4-9,12H2,1-3H3. The second kappa shape index (κ2) is 8.19. The number of H-pyrrole nitrogens is 1. The van der Waals surface area contributed by atoms with Crippen molar-refractivity contribution >= 4 is 16.6 Å². The Labute approximate surface area is 195 Å². The Hall–Kier alpha value is -2.82. The highest BCUT2D eigenvalue weighted by Gasteiger charge is 2.29. The third-order valence-corrected chi connectivity index (χ3v) is 7.97. The van der Waals surface area contributed by atoms with Gasteiger partial charge in [-0.15, -0.1) is 0 Å². The van der Waals surface area contributed by atoms with E-state index in [-0.39, 0.29) is 0 Å². The maximum absolute atomic E-state index is 5.62. The van der Waals surface area contributed by atoms with Crippen LogP contribution in [0.5, 0.6) is 5.75 Å². The summed E-state index contributed by atoms with van der Waals surface area (Å²) in [7, 11) is 1.69. The zero-order valence-electron chi connectivity index (χ0n) is 20.0. The van der Waals surface area contributed by atoms with Gasteiger partial charge in [-0.1, -0.05) is 32.8 Å². The molecule has 3 heterocycles. The third kappa shape index (κ3) is 3.81. The molecule has 0 saturated heterocycles. The van der Waals surface area contributed by atoms with Gasteiger partial charge in [0, 0.05) is 22.7 Å². The fraction of sp³-hybridized carbons (Fsp3) is 0.500. The first-order valence-electron chi connectivity index (χ1n) is 12.6. The molecule has 5 nitrogen and oxygen atoms in total. The molecule has 0 atom stereocenters. The monoisotopic (exact) mass is 442 g/mol. The topological polar surface area (TPSA) is 55.2 Å². The fourth-order valence-electron chi connectivity index (χ4n) is 6.05. The summed E-state index contributed by atoms with van der Waals surface area (Å²) in [6.07, 6.45) is 13.6. The summed E-state index contributed by atoms with van der Waals surface area (Å²) in [6, 6.07) is 9.20. The number of hydrogen-bond donors (Lipinski definition) is 1. The van der Waals surface area contributed by atoms with Crippen LogP contribution in [0, 0.1) is 11.8 Å². The molecule has 6 rings (SSSR count). The van der Waals surface area contributed by atoms with E-state index < -0.39 is 0 Å². The van der Waals surface area contributed by atoms with E-state index in [1.54, 1.807) is 18.0 Å². The Morgan fingerprint density at radius 2 is 1.82 bits per heavy atom. The van der Waals surface area contributed by atoms with Crippen molar-refractivity contribution in [1.29, 1.82) is 0 Å². The Balaban J connectivity index is 1.36. The van der Waals surface area contributed by atoms with Gasteiger partial charge in [0.2, 0.25) is 0 Å². The van der Waals surface area contributed by atoms with Crippen molar-refractivity contribution in [2.24, 2.45) is 11.8 Å². The molecule has 2 saturated carbocycles. The molecule has 0 radical (unpaired) electrons. The summed E-state index contributed by atoms with van der Waals surface area (Å²) >= 11 is 0. The van der Waals surface area contributed by atoms with Crippen LogP contribution in [0.1, 0.15) is 81.8 Å². The molecular formula is C28H34N4O. The van der Waals surface area contributed by atoms with Gasteiger partial charge in [-0.05, 0) is 85.1 Å². The van der Waals surface area contributed by atoms with Crippen LogP contribution in [0.15, 0.2) is 36.8 Å². The molecule has 3 aromatic heterocycles. The lowest BCUT2D eigenvalue weighted by Gasteiger charge is -2.29. The number of benzene rings is 1. The predicted molar refractivity (Wildman–Crippen MR) is 133 cm³/mol. The summed E-state index contributed by atoms with van der Waals surface area (Å²) in [5.41, 5.74) is 7.06.